The number of aromatic nitrogens is 2. The van der Waals surface area contributed by atoms with Gasteiger partial charge >= 0.3 is 6.01 Å². The lowest BCUT2D eigenvalue weighted by Crippen LogP contribution is -2.22. The maximum Gasteiger partial charge on any atom is 0.318 e. The van der Waals surface area contributed by atoms with E-state index in [1.165, 1.54) is 0 Å². The topological polar surface area (TPSA) is 70.3 Å². The zero-order valence-corrected chi connectivity index (χ0v) is 8.56. The molecule has 0 unspecified atom stereocenters. The average molecular weight is 209 g/mol. The van der Waals surface area contributed by atoms with Crippen LogP contribution in [0.25, 0.3) is 0 Å². The summed E-state index contributed by atoms with van der Waals surface area (Å²) in [6.07, 6.45) is 3.69. The Bertz CT molecular complexity index is 313. The van der Waals surface area contributed by atoms with Gasteiger partial charge in [-0.1, -0.05) is 0 Å². The second-order valence-electron chi connectivity index (χ2n) is 3.63. The normalized spacial score (nSPS) is 17.6. The van der Waals surface area contributed by atoms with Crippen LogP contribution in [0.5, 0.6) is 6.01 Å². The van der Waals surface area contributed by atoms with Crippen LogP contribution in [0.2, 0.25) is 0 Å². The Morgan fingerprint density at radius 3 is 3.00 bits per heavy atom. The summed E-state index contributed by atoms with van der Waals surface area (Å²) >= 11 is 0. The minimum absolute atomic E-state index is 0.362. The lowest BCUT2D eigenvalue weighted by Gasteiger charge is -2.21. The Hall–Kier alpha value is -1.36. The molecule has 1 aromatic rings. The molecular weight excluding hydrogens is 194 g/mol. The fourth-order valence-electron chi connectivity index (χ4n) is 1.53. The molecule has 1 aromatic heterocycles. The molecule has 15 heavy (non-hydrogen) atoms. The predicted octanol–water partition coefficient (Wildman–Crippen LogP) is 0.864. The van der Waals surface area contributed by atoms with Crippen LogP contribution in [0.15, 0.2) is 12.3 Å². The van der Waals surface area contributed by atoms with E-state index in [4.69, 9.17) is 15.2 Å². The Morgan fingerprint density at radius 2 is 2.27 bits per heavy atom. The quantitative estimate of drug-likeness (QED) is 0.799. The molecule has 0 spiro atoms. The summed E-state index contributed by atoms with van der Waals surface area (Å²) < 4.78 is 10.7. The van der Waals surface area contributed by atoms with Gasteiger partial charge in [0.2, 0.25) is 0 Å². The molecule has 1 fully saturated rings. The molecule has 1 saturated heterocycles. The zero-order valence-electron chi connectivity index (χ0n) is 8.56. The third kappa shape index (κ3) is 3.06. The van der Waals surface area contributed by atoms with Gasteiger partial charge in [0.1, 0.15) is 5.82 Å². The van der Waals surface area contributed by atoms with E-state index in [1.807, 2.05) is 0 Å². The maximum atomic E-state index is 5.52. The van der Waals surface area contributed by atoms with E-state index in [0.29, 0.717) is 24.4 Å². The van der Waals surface area contributed by atoms with Crippen LogP contribution in [0.3, 0.4) is 0 Å². The maximum absolute atomic E-state index is 5.52. The summed E-state index contributed by atoms with van der Waals surface area (Å²) in [5.74, 6) is 0.982. The van der Waals surface area contributed by atoms with Crippen molar-refractivity contribution in [3.8, 4) is 6.01 Å². The summed E-state index contributed by atoms with van der Waals surface area (Å²) in [6, 6.07) is 2.00. The fraction of sp³-hybridized carbons (Fsp3) is 0.600. The number of hydrogen-bond acceptors (Lipinski definition) is 5. The molecule has 1 aliphatic rings. The van der Waals surface area contributed by atoms with Crippen molar-refractivity contribution < 1.29 is 9.47 Å². The van der Waals surface area contributed by atoms with E-state index in [-0.39, 0.29) is 0 Å². The van der Waals surface area contributed by atoms with Gasteiger partial charge in [-0.3, -0.25) is 0 Å². The lowest BCUT2D eigenvalue weighted by atomic mass is 10.0. The van der Waals surface area contributed by atoms with E-state index < -0.39 is 0 Å². The summed E-state index contributed by atoms with van der Waals surface area (Å²) in [6.45, 7) is 2.30. The Balaban J connectivity index is 1.81. The third-order valence-corrected chi connectivity index (χ3v) is 2.44. The first kappa shape index (κ1) is 10.2. The molecule has 0 radical (unpaired) electrons. The van der Waals surface area contributed by atoms with Crippen molar-refractivity contribution in [2.24, 2.45) is 5.92 Å². The summed E-state index contributed by atoms with van der Waals surface area (Å²) in [5.41, 5.74) is 5.52. The molecule has 2 heterocycles. The standard InChI is InChI=1S/C10H15N3O2/c11-9-1-4-12-10(13-9)15-7-8-2-5-14-6-3-8/h1,4,8H,2-3,5-7H2,(H2,11,12,13). The molecule has 0 atom stereocenters. The van der Waals surface area contributed by atoms with Gasteiger partial charge in [-0.25, -0.2) is 4.98 Å². The first-order chi connectivity index (χ1) is 7.34. The van der Waals surface area contributed by atoms with Gasteiger partial charge in [-0.2, -0.15) is 4.98 Å². The monoisotopic (exact) mass is 209 g/mol. The lowest BCUT2D eigenvalue weighted by molar-refractivity contribution is 0.0482. The second kappa shape index (κ2) is 4.93. The van der Waals surface area contributed by atoms with Gasteiger partial charge in [-0.15, -0.1) is 0 Å². The molecule has 82 valence electrons. The van der Waals surface area contributed by atoms with Crippen molar-refractivity contribution >= 4 is 5.82 Å². The molecule has 0 bridgehead atoms. The van der Waals surface area contributed by atoms with E-state index >= 15 is 0 Å². The van der Waals surface area contributed by atoms with Crippen molar-refractivity contribution in [3.63, 3.8) is 0 Å². The molecule has 5 heteroatoms. The Kier molecular flexibility index (Phi) is 3.34. The van der Waals surface area contributed by atoms with E-state index in [9.17, 15) is 0 Å². The van der Waals surface area contributed by atoms with Crippen molar-refractivity contribution in [1.29, 1.82) is 0 Å². The molecule has 5 nitrogen and oxygen atoms in total. The predicted molar refractivity (Wildman–Crippen MR) is 55.5 cm³/mol. The highest BCUT2D eigenvalue weighted by Gasteiger charge is 2.14. The first-order valence-corrected chi connectivity index (χ1v) is 5.13. The Morgan fingerprint density at radius 1 is 1.47 bits per heavy atom. The van der Waals surface area contributed by atoms with Gasteiger partial charge in [0.15, 0.2) is 0 Å². The highest BCUT2D eigenvalue weighted by molar-refractivity contribution is 5.26. The van der Waals surface area contributed by atoms with Crippen LogP contribution in [0, 0.1) is 5.92 Å². The fourth-order valence-corrected chi connectivity index (χ4v) is 1.53. The number of nitrogens with zero attached hydrogens (tertiary/aromatic N) is 2. The minimum Gasteiger partial charge on any atom is -0.463 e. The van der Waals surface area contributed by atoms with Gasteiger partial charge in [-0.05, 0) is 24.8 Å². The minimum atomic E-state index is 0.362. The van der Waals surface area contributed by atoms with E-state index in [1.54, 1.807) is 12.3 Å². The van der Waals surface area contributed by atoms with Crippen LogP contribution in [-0.4, -0.2) is 29.8 Å². The molecule has 2 rings (SSSR count). The molecule has 0 saturated carbocycles. The summed E-state index contributed by atoms with van der Waals surface area (Å²) in [7, 11) is 0. The number of nitrogens with two attached hydrogens (primary N) is 1. The van der Waals surface area contributed by atoms with Gasteiger partial charge < -0.3 is 15.2 Å². The third-order valence-electron chi connectivity index (χ3n) is 2.44. The number of ether oxygens (including phenoxy) is 2. The van der Waals surface area contributed by atoms with Gasteiger partial charge in [0.05, 0.1) is 6.61 Å². The molecular formula is C10H15N3O2. The van der Waals surface area contributed by atoms with E-state index in [0.717, 1.165) is 26.1 Å². The molecule has 0 amide bonds. The number of nitrogen functional groups attached to an aromatic ring is 1. The van der Waals surface area contributed by atoms with Crippen LogP contribution < -0.4 is 10.5 Å². The SMILES string of the molecule is Nc1ccnc(OCC2CCOCC2)n1. The number of rotatable bonds is 3. The molecule has 0 aliphatic carbocycles. The van der Waals surface area contributed by atoms with Crippen LogP contribution in [-0.2, 0) is 4.74 Å². The Labute approximate surface area is 88.6 Å². The van der Waals surface area contributed by atoms with Crippen molar-refractivity contribution in [3.05, 3.63) is 12.3 Å². The van der Waals surface area contributed by atoms with Crippen molar-refractivity contribution in [2.45, 2.75) is 12.8 Å². The molecule has 2 N–H and O–H groups in total. The average Bonchev–Trinajstić information content (AvgIpc) is 2.28. The molecule has 0 aromatic carbocycles. The summed E-state index contributed by atoms with van der Waals surface area (Å²) in [5, 5.41) is 0. The summed E-state index contributed by atoms with van der Waals surface area (Å²) in [4.78, 5) is 7.95. The van der Waals surface area contributed by atoms with Crippen molar-refractivity contribution in [2.75, 3.05) is 25.6 Å². The zero-order chi connectivity index (χ0) is 10.5. The highest BCUT2D eigenvalue weighted by atomic mass is 16.5. The smallest absolute Gasteiger partial charge is 0.318 e. The van der Waals surface area contributed by atoms with E-state index in [2.05, 4.69) is 9.97 Å². The van der Waals surface area contributed by atoms with Gasteiger partial charge in [0.25, 0.3) is 0 Å². The van der Waals surface area contributed by atoms with Gasteiger partial charge in [0, 0.05) is 19.4 Å². The van der Waals surface area contributed by atoms with Crippen LogP contribution >= 0.6 is 0 Å². The van der Waals surface area contributed by atoms with Crippen LogP contribution in [0.4, 0.5) is 5.82 Å². The highest BCUT2D eigenvalue weighted by Crippen LogP contribution is 2.15. The number of hydrogen-bond donors (Lipinski definition) is 1. The number of anilines is 1. The molecule has 1 aliphatic heterocycles. The largest absolute Gasteiger partial charge is 0.463 e. The van der Waals surface area contributed by atoms with Crippen molar-refractivity contribution in [1.82, 2.24) is 9.97 Å². The van der Waals surface area contributed by atoms with Crippen LogP contribution in [0.1, 0.15) is 12.8 Å². The second-order valence-corrected chi connectivity index (χ2v) is 3.63. The first-order valence-electron chi connectivity index (χ1n) is 5.13.